The Kier molecular flexibility index (Phi) is 2.91. The first kappa shape index (κ1) is 8.81. The number of thioether (sulfide) groups is 1. The van der Waals surface area contributed by atoms with Gasteiger partial charge in [0.25, 0.3) is 0 Å². The van der Waals surface area contributed by atoms with Crippen LogP contribution in [0.4, 0.5) is 0 Å². The smallest absolute Gasteiger partial charge is 0.0257 e. The van der Waals surface area contributed by atoms with Gasteiger partial charge in [-0.2, -0.15) is 11.8 Å². The number of piperazine rings is 1. The van der Waals surface area contributed by atoms with Crippen LogP contribution in [0.2, 0.25) is 0 Å². The average molecular weight is 187 g/mol. The second-order valence-corrected chi connectivity index (χ2v) is 4.74. The molecule has 2 rings (SSSR count). The molecule has 4 heteroatoms. The molecule has 0 bridgehead atoms. The third-order valence-electron chi connectivity index (χ3n) is 2.77. The molecule has 0 aromatic heterocycles. The summed E-state index contributed by atoms with van der Waals surface area (Å²) in [6.45, 7) is 4.42. The SMILES string of the molecule is NN1CCN(C2CCSC2)CC1. The zero-order valence-corrected chi connectivity index (χ0v) is 8.22. The van der Waals surface area contributed by atoms with Crippen molar-refractivity contribution in [2.24, 2.45) is 5.84 Å². The fourth-order valence-corrected chi connectivity index (χ4v) is 3.17. The maximum absolute atomic E-state index is 5.70. The highest BCUT2D eigenvalue weighted by molar-refractivity contribution is 7.99. The van der Waals surface area contributed by atoms with E-state index in [0.29, 0.717) is 0 Å². The normalized spacial score (nSPS) is 34.2. The molecule has 0 aromatic rings. The maximum Gasteiger partial charge on any atom is 0.0257 e. The van der Waals surface area contributed by atoms with E-state index in [4.69, 9.17) is 5.84 Å². The quantitative estimate of drug-likeness (QED) is 0.585. The number of rotatable bonds is 1. The maximum atomic E-state index is 5.70. The molecule has 0 amide bonds. The van der Waals surface area contributed by atoms with Crippen LogP contribution in [0.5, 0.6) is 0 Å². The van der Waals surface area contributed by atoms with E-state index in [0.717, 1.165) is 19.1 Å². The summed E-state index contributed by atoms with van der Waals surface area (Å²) in [7, 11) is 0. The summed E-state index contributed by atoms with van der Waals surface area (Å²) < 4.78 is 0. The van der Waals surface area contributed by atoms with Crippen LogP contribution in [0, 0.1) is 0 Å². The van der Waals surface area contributed by atoms with Crippen LogP contribution in [-0.2, 0) is 0 Å². The Bertz CT molecular complexity index is 139. The first-order chi connectivity index (χ1) is 5.86. The summed E-state index contributed by atoms with van der Waals surface area (Å²) in [6, 6.07) is 0.851. The fraction of sp³-hybridized carbons (Fsp3) is 1.00. The fourth-order valence-electron chi connectivity index (χ4n) is 1.91. The zero-order chi connectivity index (χ0) is 8.39. The van der Waals surface area contributed by atoms with Crippen molar-refractivity contribution in [2.45, 2.75) is 12.5 Å². The Morgan fingerprint density at radius 2 is 1.92 bits per heavy atom. The summed E-state index contributed by atoms with van der Waals surface area (Å²) >= 11 is 2.09. The van der Waals surface area contributed by atoms with E-state index in [1.165, 1.54) is 31.0 Å². The minimum Gasteiger partial charge on any atom is -0.297 e. The molecule has 0 aliphatic carbocycles. The van der Waals surface area contributed by atoms with Gasteiger partial charge in [0.05, 0.1) is 0 Å². The van der Waals surface area contributed by atoms with Gasteiger partial charge >= 0.3 is 0 Å². The molecule has 70 valence electrons. The van der Waals surface area contributed by atoms with Crippen molar-refractivity contribution >= 4 is 11.8 Å². The summed E-state index contributed by atoms with van der Waals surface area (Å²) in [5.41, 5.74) is 0. The van der Waals surface area contributed by atoms with Crippen molar-refractivity contribution in [2.75, 3.05) is 37.7 Å². The molecule has 2 saturated heterocycles. The third kappa shape index (κ3) is 1.93. The molecule has 0 aromatic carbocycles. The van der Waals surface area contributed by atoms with Gasteiger partial charge in [-0.25, -0.2) is 5.01 Å². The lowest BCUT2D eigenvalue weighted by molar-refractivity contribution is 0.105. The first-order valence-corrected chi connectivity index (χ1v) is 5.83. The molecule has 3 nitrogen and oxygen atoms in total. The van der Waals surface area contributed by atoms with Crippen molar-refractivity contribution in [1.82, 2.24) is 9.91 Å². The molecule has 2 fully saturated rings. The van der Waals surface area contributed by atoms with Crippen LogP contribution in [0.3, 0.4) is 0 Å². The molecule has 0 spiro atoms. The van der Waals surface area contributed by atoms with E-state index in [1.54, 1.807) is 0 Å². The topological polar surface area (TPSA) is 32.5 Å². The van der Waals surface area contributed by atoms with Gasteiger partial charge < -0.3 is 0 Å². The van der Waals surface area contributed by atoms with Gasteiger partial charge in [0.2, 0.25) is 0 Å². The molecular weight excluding hydrogens is 170 g/mol. The lowest BCUT2D eigenvalue weighted by Crippen LogP contribution is -2.52. The monoisotopic (exact) mass is 187 g/mol. The van der Waals surface area contributed by atoms with Gasteiger partial charge in [-0.15, -0.1) is 0 Å². The number of hydrazine groups is 1. The average Bonchev–Trinajstić information content (AvgIpc) is 2.58. The molecule has 2 aliphatic heterocycles. The molecule has 1 unspecified atom stereocenters. The standard InChI is InChI=1S/C8H17N3S/c9-11-4-2-10(3-5-11)8-1-6-12-7-8/h8H,1-7,9H2. The molecule has 2 heterocycles. The van der Waals surface area contributed by atoms with Gasteiger partial charge in [-0.3, -0.25) is 10.7 Å². The molecule has 12 heavy (non-hydrogen) atoms. The third-order valence-corrected chi connectivity index (χ3v) is 3.92. The Morgan fingerprint density at radius 1 is 1.17 bits per heavy atom. The second-order valence-electron chi connectivity index (χ2n) is 3.59. The molecule has 2 N–H and O–H groups in total. The van der Waals surface area contributed by atoms with Crippen molar-refractivity contribution in [3.05, 3.63) is 0 Å². The molecule has 0 saturated carbocycles. The van der Waals surface area contributed by atoms with Crippen LogP contribution in [0.15, 0.2) is 0 Å². The Labute approximate surface area is 78.2 Å². The molecule has 2 aliphatic rings. The lowest BCUT2D eigenvalue weighted by Gasteiger charge is -2.35. The number of hydrogen-bond donors (Lipinski definition) is 1. The lowest BCUT2D eigenvalue weighted by atomic mass is 10.2. The highest BCUT2D eigenvalue weighted by Crippen LogP contribution is 2.22. The number of nitrogens with zero attached hydrogens (tertiary/aromatic N) is 2. The van der Waals surface area contributed by atoms with E-state index < -0.39 is 0 Å². The van der Waals surface area contributed by atoms with Crippen LogP contribution < -0.4 is 5.84 Å². The summed E-state index contributed by atoms with van der Waals surface area (Å²) in [5, 5.41) is 1.93. The number of nitrogens with two attached hydrogens (primary N) is 1. The van der Waals surface area contributed by atoms with Crippen molar-refractivity contribution in [3.63, 3.8) is 0 Å². The van der Waals surface area contributed by atoms with Gasteiger partial charge in [0.1, 0.15) is 0 Å². The minimum absolute atomic E-state index is 0.851. The van der Waals surface area contributed by atoms with Gasteiger partial charge in [-0.05, 0) is 12.2 Å². The Balaban J connectivity index is 1.80. The van der Waals surface area contributed by atoms with Crippen molar-refractivity contribution in [3.8, 4) is 0 Å². The summed E-state index contributed by atoms with van der Waals surface area (Å²) in [6.07, 6.45) is 1.38. The van der Waals surface area contributed by atoms with E-state index in [2.05, 4.69) is 16.7 Å². The van der Waals surface area contributed by atoms with Gasteiger partial charge in [0, 0.05) is 38.0 Å². The van der Waals surface area contributed by atoms with Crippen LogP contribution in [0.25, 0.3) is 0 Å². The molecule has 0 radical (unpaired) electrons. The van der Waals surface area contributed by atoms with Gasteiger partial charge in [-0.1, -0.05) is 0 Å². The summed E-state index contributed by atoms with van der Waals surface area (Å²) in [5.74, 6) is 8.39. The Morgan fingerprint density at radius 3 is 2.50 bits per heavy atom. The molecular formula is C8H17N3S. The van der Waals surface area contributed by atoms with E-state index in [1.807, 2.05) is 5.01 Å². The van der Waals surface area contributed by atoms with E-state index in [-0.39, 0.29) is 0 Å². The van der Waals surface area contributed by atoms with Crippen molar-refractivity contribution in [1.29, 1.82) is 0 Å². The Hall–Kier alpha value is 0.230. The largest absolute Gasteiger partial charge is 0.297 e. The van der Waals surface area contributed by atoms with Crippen molar-refractivity contribution < 1.29 is 0 Å². The van der Waals surface area contributed by atoms with E-state index >= 15 is 0 Å². The first-order valence-electron chi connectivity index (χ1n) is 4.68. The highest BCUT2D eigenvalue weighted by Gasteiger charge is 2.25. The van der Waals surface area contributed by atoms with Gasteiger partial charge in [0.15, 0.2) is 0 Å². The molecule has 1 atom stereocenters. The zero-order valence-electron chi connectivity index (χ0n) is 7.41. The van der Waals surface area contributed by atoms with Crippen LogP contribution >= 0.6 is 11.8 Å². The highest BCUT2D eigenvalue weighted by atomic mass is 32.2. The van der Waals surface area contributed by atoms with Crippen LogP contribution in [-0.4, -0.2) is 53.6 Å². The summed E-state index contributed by atoms with van der Waals surface area (Å²) in [4.78, 5) is 2.60. The second kappa shape index (κ2) is 3.96. The number of hydrogen-bond acceptors (Lipinski definition) is 4. The van der Waals surface area contributed by atoms with Crippen LogP contribution in [0.1, 0.15) is 6.42 Å². The van der Waals surface area contributed by atoms with E-state index in [9.17, 15) is 0 Å². The predicted molar refractivity (Wildman–Crippen MR) is 53.1 cm³/mol. The minimum atomic E-state index is 0.851. The predicted octanol–water partition coefficient (Wildman–Crippen LogP) is -0.0168.